The maximum absolute atomic E-state index is 14.3. The van der Waals surface area contributed by atoms with E-state index in [1.54, 1.807) is 48.5 Å². The molecule has 0 unspecified atom stereocenters. The fourth-order valence-electron chi connectivity index (χ4n) is 18.3. The third kappa shape index (κ3) is 73.1. The Morgan fingerprint density at radius 2 is 0.313 bits per heavy atom. The number of hydrazine groups is 2. The lowest BCUT2D eigenvalue weighted by Gasteiger charge is -2.19. The average Bonchev–Trinajstić information content (AvgIpc) is 0.817. The van der Waals surface area contributed by atoms with Gasteiger partial charge in [-0.25, -0.2) is 20.4 Å². The van der Waals surface area contributed by atoms with E-state index in [1.807, 2.05) is 0 Å². The molecule has 0 atom stereocenters. The number of carbonyl (C=O) groups is 4. The smallest absolute Gasteiger partial charge is 0.337 e. The Kier molecular flexibility index (Phi) is 86.1. The number of carbonyl (C=O) groups excluding carboxylic acids is 4. The fourth-order valence-corrected chi connectivity index (χ4v) is 18.3. The average molecular weight is 1880 g/mol. The Balaban J connectivity index is 1.76. The minimum Gasteiger partial charge on any atom is -0.490 e. The molecule has 6 N–H and O–H groups in total. The predicted octanol–water partition coefficient (Wildman–Crippen LogP) is 37.8. The molecule has 0 aromatic heterocycles. The summed E-state index contributed by atoms with van der Waals surface area (Å²) < 4.78 is 39.9. The zero-order valence-electron chi connectivity index (χ0n) is 88.3. The number of hydrogen-bond acceptors (Lipinski definition) is 10. The largest absolute Gasteiger partial charge is 0.490 e. The van der Waals surface area contributed by atoms with Crippen LogP contribution in [0.2, 0.25) is 0 Å². The van der Waals surface area contributed by atoms with Crippen LogP contribution in [0.5, 0.6) is 34.5 Å². The number of unbranched alkanes of at least 4 members (excludes halogenated alkanes) is 78. The van der Waals surface area contributed by atoms with E-state index in [1.165, 1.54) is 437 Å². The van der Waals surface area contributed by atoms with Crippen LogP contribution in [0.3, 0.4) is 0 Å². The summed E-state index contributed by atoms with van der Waals surface area (Å²) in [5.74, 6) is 1.87. The molecule has 6 amide bonds. The van der Waals surface area contributed by atoms with Crippen LogP contribution in [0.4, 0.5) is 21.0 Å². The molecule has 16 heteroatoms. The molecule has 3 aromatic rings. The number of anilines is 2. The Morgan fingerprint density at radius 1 is 0.179 bits per heavy atom. The van der Waals surface area contributed by atoms with Gasteiger partial charge in [0.05, 0.1) is 39.6 Å². The summed E-state index contributed by atoms with van der Waals surface area (Å²) in [6.45, 7) is 16.6. The van der Waals surface area contributed by atoms with Crippen LogP contribution < -0.4 is 60.8 Å². The van der Waals surface area contributed by atoms with E-state index < -0.39 is 23.9 Å². The highest BCUT2D eigenvalue weighted by molar-refractivity contribution is 5.99. The summed E-state index contributed by atoms with van der Waals surface area (Å²) in [6, 6.07) is 12.1. The first-order valence-electron chi connectivity index (χ1n) is 58.1. The second-order valence-electron chi connectivity index (χ2n) is 39.9. The maximum atomic E-state index is 14.3. The lowest BCUT2D eigenvalue weighted by Crippen LogP contribution is -2.44. The third-order valence-corrected chi connectivity index (χ3v) is 27.1. The van der Waals surface area contributed by atoms with Gasteiger partial charge in [-0.05, 0) is 87.1 Å². The van der Waals surface area contributed by atoms with E-state index in [4.69, 9.17) is 28.4 Å². The molecule has 0 fully saturated rings. The van der Waals surface area contributed by atoms with Gasteiger partial charge < -0.3 is 39.1 Å². The topological polar surface area (TPSA) is 196 Å². The lowest BCUT2D eigenvalue weighted by atomic mass is 10.0. The summed E-state index contributed by atoms with van der Waals surface area (Å²) in [5, 5.41) is 5.60. The minimum atomic E-state index is -0.674. The van der Waals surface area contributed by atoms with Crippen LogP contribution in [0.1, 0.15) is 602 Å². The molecule has 0 radical (unpaired) electrons. The molecule has 0 saturated heterocycles. The molecular weight excluding hydrogens is 1660 g/mol. The first-order valence-corrected chi connectivity index (χ1v) is 58.1. The van der Waals surface area contributed by atoms with E-state index in [2.05, 4.69) is 73.9 Å². The van der Waals surface area contributed by atoms with Crippen molar-refractivity contribution in [2.45, 2.75) is 581 Å². The molecule has 3 rings (SSSR count). The number of ether oxygens (including phenoxy) is 6. The monoisotopic (exact) mass is 1870 g/mol. The fraction of sp³-hybridized carbons (Fsp3) is 0.814. The van der Waals surface area contributed by atoms with Gasteiger partial charge in [0.2, 0.25) is 11.5 Å². The molecule has 774 valence electrons. The Morgan fingerprint density at radius 3 is 0.463 bits per heavy atom. The van der Waals surface area contributed by atoms with E-state index in [0.29, 0.717) is 85.5 Å². The zero-order valence-corrected chi connectivity index (χ0v) is 88.3. The van der Waals surface area contributed by atoms with Gasteiger partial charge >= 0.3 is 12.1 Å². The standard InChI is InChI=1S/C118H212N6O10/c1-7-13-19-25-31-37-43-49-55-61-67-73-79-85-95-129-109-101-105(102-110(130-96-86-80-74-68-62-56-50-44-38-32-26-20-14-8-2)113(109)133-99-89-83-77-71-65-59-53-47-41-35-29-23-17-11-5)115(125)121-123-117(127)119-107-91-93-108(94-92-107)120-118(128)124-122-116(126)106-103-111(131-97-87-81-75-69-63-57-51-45-39-33-27-21-15-9-3)114(134-100-90-84-78-72-66-60-54-48-42-36-30-24-18-12-6)112(104-106)132-98-88-82-76-70-64-58-52-46-40-34-28-22-16-10-4/h91-94,101-104H,7-90,95-100H2,1-6H3,(H,121,125)(H,122,126)(H2,119,123,127)(H2,120,124,128). The molecule has 0 spiro atoms. The van der Waals surface area contributed by atoms with Crippen molar-refractivity contribution < 1.29 is 47.6 Å². The van der Waals surface area contributed by atoms with Gasteiger partial charge in [0.1, 0.15) is 0 Å². The molecule has 16 nitrogen and oxygen atoms in total. The third-order valence-electron chi connectivity index (χ3n) is 27.1. The Hall–Kier alpha value is -6.06. The molecule has 3 aromatic carbocycles. The Labute approximate surface area is 825 Å². The summed E-state index contributed by atoms with van der Waals surface area (Å²) in [4.78, 5) is 55.8. The van der Waals surface area contributed by atoms with E-state index >= 15 is 0 Å². The number of amides is 6. The van der Waals surface area contributed by atoms with Crippen molar-refractivity contribution in [2.24, 2.45) is 0 Å². The number of urea groups is 2. The summed E-state index contributed by atoms with van der Waals surface area (Å²) in [5.41, 5.74) is 11.7. The number of rotatable bonds is 100. The van der Waals surface area contributed by atoms with Crippen molar-refractivity contribution in [3.63, 3.8) is 0 Å². The number of benzene rings is 3. The quantitative estimate of drug-likeness (QED) is 0.0234. The first-order chi connectivity index (χ1) is 66.2. The van der Waals surface area contributed by atoms with Crippen molar-refractivity contribution in [1.82, 2.24) is 21.7 Å². The SMILES string of the molecule is CCCCCCCCCCCCCCCCOc1cc(C(=O)NNC(=O)Nc2ccc(NC(=O)NNC(=O)c3cc(OCCCCCCCCCCCCCCCC)c(OCCCCCCCCCCCCCCCC)c(OCCCCCCCCCCCCCCCC)c3)cc2)cc(OCCCCCCCCCCCCCCCC)c1OCCCCCCCCCCCCCCCC. The normalized spacial score (nSPS) is 11.3. The predicted molar refractivity (Wildman–Crippen MR) is 573 cm³/mol. The van der Waals surface area contributed by atoms with Crippen LogP contribution >= 0.6 is 0 Å². The molecule has 134 heavy (non-hydrogen) atoms. The Bertz CT molecular complexity index is 2800. The second kappa shape index (κ2) is 94.5. The van der Waals surface area contributed by atoms with E-state index in [-0.39, 0.29) is 11.1 Å². The van der Waals surface area contributed by atoms with E-state index in [0.717, 1.165) is 103 Å². The van der Waals surface area contributed by atoms with Crippen LogP contribution in [0.15, 0.2) is 48.5 Å². The molecule has 0 aliphatic heterocycles. The van der Waals surface area contributed by atoms with Crippen molar-refractivity contribution in [3.8, 4) is 34.5 Å². The zero-order chi connectivity index (χ0) is 95.9. The summed E-state index contributed by atoms with van der Waals surface area (Å²) in [6.07, 6.45) is 107. The molecule has 0 aliphatic carbocycles. The highest BCUT2D eigenvalue weighted by Gasteiger charge is 2.23. The van der Waals surface area contributed by atoms with Crippen molar-refractivity contribution >= 4 is 35.3 Å². The van der Waals surface area contributed by atoms with Crippen molar-refractivity contribution in [3.05, 3.63) is 59.7 Å². The molecule has 0 saturated carbocycles. The molecular formula is C118H212N6O10. The first kappa shape index (κ1) is 122. The number of nitrogens with one attached hydrogen (secondary N) is 6. The molecule has 0 heterocycles. The summed E-state index contributed by atoms with van der Waals surface area (Å²) in [7, 11) is 0. The van der Waals surface area contributed by atoms with Gasteiger partial charge in [-0.3, -0.25) is 20.4 Å². The van der Waals surface area contributed by atoms with Gasteiger partial charge in [-0.1, -0.05) is 542 Å². The van der Waals surface area contributed by atoms with Gasteiger partial charge in [0.25, 0.3) is 11.8 Å². The van der Waals surface area contributed by atoms with E-state index in [9.17, 15) is 19.2 Å². The van der Waals surface area contributed by atoms with Crippen LogP contribution in [-0.4, -0.2) is 63.5 Å². The lowest BCUT2D eigenvalue weighted by molar-refractivity contribution is 0.0930. The van der Waals surface area contributed by atoms with Gasteiger partial charge in [-0.15, -0.1) is 0 Å². The van der Waals surface area contributed by atoms with Crippen LogP contribution in [-0.2, 0) is 0 Å². The summed E-state index contributed by atoms with van der Waals surface area (Å²) >= 11 is 0. The van der Waals surface area contributed by atoms with Gasteiger partial charge in [0.15, 0.2) is 23.0 Å². The van der Waals surface area contributed by atoms with Crippen molar-refractivity contribution in [1.29, 1.82) is 0 Å². The van der Waals surface area contributed by atoms with Crippen LogP contribution in [0.25, 0.3) is 0 Å². The number of hydrogen-bond donors (Lipinski definition) is 6. The molecule has 0 bridgehead atoms. The molecule has 0 aliphatic rings. The highest BCUT2D eigenvalue weighted by Crippen LogP contribution is 2.42. The van der Waals surface area contributed by atoms with Crippen LogP contribution in [0, 0.1) is 0 Å². The highest BCUT2D eigenvalue weighted by atomic mass is 16.5. The van der Waals surface area contributed by atoms with Gasteiger partial charge in [-0.2, -0.15) is 0 Å². The van der Waals surface area contributed by atoms with Gasteiger partial charge in [0, 0.05) is 22.5 Å². The van der Waals surface area contributed by atoms with Crippen molar-refractivity contribution in [2.75, 3.05) is 50.3 Å². The second-order valence-corrected chi connectivity index (χ2v) is 39.9. The maximum Gasteiger partial charge on any atom is 0.337 e. The minimum absolute atomic E-state index is 0.271.